The second-order valence-corrected chi connectivity index (χ2v) is 6.84. The first-order valence-electron chi connectivity index (χ1n) is 9.61. The number of benzene rings is 1. The molecular weight excluding hydrogens is 348 g/mol. The van der Waals surface area contributed by atoms with Crippen LogP contribution in [0.25, 0.3) is 33.4 Å². The van der Waals surface area contributed by atoms with Gasteiger partial charge in [-0.25, -0.2) is 9.67 Å². The van der Waals surface area contributed by atoms with Gasteiger partial charge in [0.1, 0.15) is 5.75 Å². The Morgan fingerprint density at radius 1 is 1.00 bits per heavy atom. The van der Waals surface area contributed by atoms with Gasteiger partial charge in [-0.15, -0.1) is 0 Å². The Bertz CT molecular complexity index is 1130. The van der Waals surface area contributed by atoms with E-state index >= 15 is 0 Å². The van der Waals surface area contributed by atoms with Crippen LogP contribution in [-0.2, 0) is 13.0 Å². The van der Waals surface area contributed by atoms with E-state index in [9.17, 15) is 0 Å². The van der Waals surface area contributed by atoms with E-state index in [-0.39, 0.29) is 0 Å². The molecule has 0 saturated carbocycles. The van der Waals surface area contributed by atoms with Crippen molar-refractivity contribution in [2.45, 2.75) is 33.7 Å². The topological polar surface area (TPSA) is 52.8 Å². The van der Waals surface area contributed by atoms with Gasteiger partial charge in [-0.2, -0.15) is 5.10 Å². The van der Waals surface area contributed by atoms with Gasteiger partial charge in [0.05, 0.1) is 19.0 Å². The molecule has 0 unspecified atom stereocenters. The summed E-state index contributed by atoms with van der Waals surface area (Å²) in [6, 6.07) is 10.3. The fourth-order valence-corrected chi connectivity index (χ4v) is 3.71. The van der Waals surface area contributed by atoms with Crippen LogP contribution in [-0.4, -0.2) is 26.9 Å². The number of aromatic nitrogens is 4. The van der Waals surface area contributed by atoms with Crippen LogP contribution in [0, 0.1) is 6.92 Å². The molecule has 0 spiro atoms. The number of ether oxygens (including phenoxy) is 1. The van der Waals surface area contributed by atoms with Crippen molar-refractivity contribution in [1.82, 2.24) is 19.7 Å². The van der Waals surface area contributed by atoms with Gasteiger partial charge in [0.2, 0.25) is 0 Å². The maximum atomic E-state index is 5.32. The fraction of sp³-hybridized carbons (Fsp3) is 0.261. The Hall–Kier alpha value is -3.21. The number of nitrogens with zero attached hydrogens (tertiary/aromatic N) is 4. The van der Waals surface area contributed by atoms with Crippen molar-refractivity contribution in [2.24, 2.45) is 0 Å². The van der Waals surface area contributed by atoms with Crippen LogP contribution >= 0.6 is 0 Å². The molecule has 4 rings (SSSR count). The summed E-state index contributed by atoms with van der Waals surface area (Å²) in [4.78, 5) is 9.48. The number of aryl methyl sites for hydroxylation is 2. The van der Waals surface area contributed by atoms with E-state index < -0.39 is 0 Å². The third kappa shape index (κ3) is 3.03. The van der Waals surface area contributed by atoms with Crippen LogP contribution in [0.5, 0.6) is 5.75 Å². The smallest absolute Gasteiger partial charge is 0.159 e. The first kappa shape index (κ1) is 18.2. The van der Waals surface area contributed by atoms with Crippen LogP contribution in [0.3, 0.4) is 0 Å². The van der Waals surface area contributed by atoms with E-state index in [4.69, 9.17) is 9.72 Å². The number of fused-ring (bicyclic) bond motifs is 1. The molecule has 1 aromatic carbocycles. The minimum absolute atomic E-state index is 0.773. The molecule has 4 aromatic rings. The molecule has 0 saturated heterocycles. The highest BCUT2D eigenvalue weighted by Gasteiger charge is 2.19. The highest BCUT2D eigenvalue weighted by molar-refractivity contribution is 5.97. The zero-order valence-electron chi connectivity index (χ0n) is 16.7. The molecule has 3 heterocycles. The molecule has 0 aliphatic rings. The van der Waals surface area contributed by atoms with Gasteiger partial charge in [0.15, 0.2) is 5.65 Å². The molecule has 0 radical (unpaired) electrons. The van der Waals surface area contributed by atoms with Crippen LogP contribution in [0.15, 0.2) is 48.9 Å². The van der Waals surface area contributed by atoms with Crippen molar-refractivity contribution >= 4 is 11.0 Å². The Morgan fingerprint density at radius 2 is 1.79 bits per heavy atom. The molecule has 0 aliphatic heterocycles. The Labute approximate surface area is 165 Å². The lowest BCUT2D eigenvalue weighted by atomic mass is 9.92. The van der Waals surface area contributed by atoms with Gasteiger partial charge in [-0.1, -0.05) is 6.92 Å². The number of hydrogen-bond acceptors (Lipinski definition) is 4. The summed E-state index contributed by atoms with van der Waals surface area (Å²) in [5.41, 5.74) is 7.60. The average molecular weight is 372 g/mol. The molecule has 0 bridgehead atoms. The van der Waals surface area contributed by atoms with Gasteiger partial charge in [-0.3, -0.25) is 4.98 Å². The molecule has 0 N–H and O–H groups in total. The summed E-state index contributed by atoms with van der Waals surface area (Å²) < 4.78 is 7.27. The summed E-state index contributed by atoms with van der Waals surface area (Å²) in [6.07, 6.45) is 6.61. The summed E-state index contributed by atoms with van der Waals surface area (Å²) in [5, 5.41) is 5.65. The molecule has 28 heavy (non-hydrogen) atoms. The minimum Gasteiger partial charge on any atom is -0.497 e. The number of rotatable bonds is 5. The minimum atomic E-state index is 0.773. The maximum Gasteiger partial charge on any atom is 0.159 e. The third-order valence-corrected chi connectivity index (χ3v) is 5.07. The Balaban J connectivity index is 2.07. The summed E-state index contributed by atoms with van der Waals surface area (Å²) >= 11 is 0. The zero-order chi connectivity index (χ0) is 19.7. The highest BCUT2D eigenvalue weighted by atomic mass is 16.5. The summed E-state index contributed by atoms with van der Waals surface area (Å²) in [6.45, 7) is 7.10. The fourth-order valence-electron chi connectivity index (χ4n) is 3.71. The van der Waals surface area contributed by atoms with E-state index in [0.717, 1.165) is 52.1 Å². The molecule has 3 aromatic heterocycles. The lowest BCUT2D eigenvalue weighted by molar-refractivity contribution is 0.415. The van der Waals surface area contributed by atoms with E-state index in [1.54, 1.807) is 7.11 Å². The lowest BCUT2D eigenvalue weighted by Crippen LogP contribution is -2.02. The van der Waals surface area contributed by atoms with Crippen LogP contribution in [0.1, 0.15) is 25.0 Å². The second-order valence-electron chi connectivity index (χ2n) is 6.84. The molecule has 0 aliphatic carbocycles. The summed E-state index contributed by atoms with van der Waals surface area (Å²) in [7, 11) is 1.68. The standard InChI is InChI=1S/C23H24N4O/c1-5-19-21(17-11-15(3)12-24-13-17)20-14-25-27(6-2)23(20)26-22(19)16-7-9-18(28-4)10-8-16/h7-14H,5-6H2,1-4H3. The first-order chi connectivity index (χ1) is 13.7. The van der Waals surface area contributed by atoms with Crippen molar-refractivity contribution in [3.63, 3.8) is 0 Å². The van der Waals surface area contributed by atoms with Crippen molar-refractivity contribution in [3.8, 4) is 28.1 Å². The van der Waals surface area contributed by atoms with E-state index in [1.807, 2.05) is 35.4 Å². The van der Waals surface area contributed by atoms with Gasteiger partial charge >= 0.3 is 0 Å². The third-order valence-electron chi connectivity index (χ3n) is 5.07. The predicted molar refractivity (Wildman–Crippen MR) is 113 cm³/mol. The number of methoxy groups -OCH3 is 1. The number of pyridine rings is 2. The Kier molecular flexibility index (Phi) is 4.82. The quantitative estimate of drug-likeness (QED) is 0.491. The molecule has 5 nitrogen and oxygen atoms in total. The molecule has 0 atom stereocenters. The first-order valence-corrected chi connectivity index (χ1v) is 9.61. The average Bonchev–Trinajstić information content (AvgIpc) is 3.15. The second kappa shape index (κ2) is 7.43. The molecule has 142 valence electrons. The van der Waals surface area contributed by atoms with Crippen molar-refractivity contribution in [1.29, 1.82) is 0 Å². The van der Waals surface area contributed by atoms with Crippen molar-refractivity contribution in [2.75, 3.05) is 7.11 Å². The van der Waals surface area contributed by atoms with Gasteiger partial charge < -0.3 is 4.74 Å². The van der Waals surface area contributed by atoms with E-state index in [0.29, 0.717) is 0 Å². The van der Waals surface area contributed by atoms with E-state index in [1.165, 1.54) is 11.1 Å². The van der Waals surface area contributed by atoms with Gasteiger partial charge in [-0.05, 0) is 61.7 Å². The van der Waals surface area contributed by atoms with Crippen LogP contribution in [0.4, 0.5) is 0 Å². The van der Waals surface area contributed by atoms with Gasteiger partial charge in [0, 0.05) is 41.0 Å². The molecular formula is C23H24N4O. The zero-order valence-corrected chi connectivity index (χ0v) is 16.7. The van der Waals surface area contributed by atoms with Crippen LogP contribution in [0.2, 0.25) is 0 Å². The SMILES string of the molecule is CCc1c(-c2ccc(OC)cc2)nc2c(cnn2CC)c1-c1cncc(C)c1. The van der Waals surface area contributed by atoms with E-state index in [2.05, 4.69) is 49.1 Å². The molecule has 0 amide bonds. The largest absolute Gasteiger partial charge is 0.497 e. The normalized spacial score (nSPS) is 11.1. The summed E-state index contributed by atoms with van der Waals surface area (Å²) in [5.74, 6) is 0.838. The number of hydrogen-bond donors (Lipinski definition) is 0. The van der Waals surface area contributed by atoms with Gasteiger partial charge in [0.25, 0.3) is 0 Å². The molecule has 5 heteroatoms. The van der Waals surface area contributed by atoms with Crippen LogP contribution < -0.4 is 4.74 Å². The van der Waals surface area contributed by atoms with Crippen molar-refractivity contribution < 1.29 is 4.74 Å². The monoisotopic (exact) mass is 372 g/mol. The maximum absolute atomic E-state index is 5.32. The molecule has 0 fully saturated rings. The predicted octanol–water partition coefficient (Wildman–Crippen LogP) is 5.06. The lowest BCUT2D eigenvalue weighted by Gasteiger charge is -2.16. The highest BCUT2D eigenvalue weighted by Crippen LogP contribution is 2.37. The Morgan fingerprint density at radius 3 is 2.43 bits per heavy atom. The van der Waals surface area contributed by atoms with Crippen molar-refractivity contribution in [3.05, 3.63) is 60.0 Å².